The normalized spacial score (nSPS) is 10.9. The molecule has 1 amide bonds. The summed E-state index contributed by atoms with van der Waals surface area (Å²) in [5.41, 5.74) is 2.34. The van der Waals surface area contributed by atoms with Crippen molar-refractivity contribution in [1.82, 2.24) is 4.98 Å². The number of aromatic nitrogens is 1. The van der Waals surface area contributed by atoms with Crippen LogP contribution in [0, 0.1) is 6.92 Å². The Morgan fingerprint density at radius 1 is 1.08 bits per heavy atom. The second-order valence-corrected chi connectivity index (χ2v) is 6.23. The van der Waals surface area contributed by atoms with Crippen molar-refractivity contribution in [3.63, 3.8) is 0 Å². The van der Waals surface area contributed by atoms with E-state index in [9.17, 15) is 4.79 Å². The molecule has 0 aliphatic carbocycles. The SMILES string of the molecule is Cc1csc(N(C(=O)c2cc3ccccc3o2)c2ccccc2)n1. The molecule has 0 N–H and O–H groups in total. The molecule has 0 unspecified atom stereocenters. The smallest absolute Gasteiger partial charge is 0.300 e. The van der Waals surface area contributed by atoms with Gasteiger partial charge in [-0.15, -0.1) is 11.3 Å². The third-order valence-corrected chi connectivity index (χ3v) is 4.60. The van der Waals surface area contributed by atoms with E-state index >= 15 is 0 Å². The van der Waals surface area contributed by atoms with E-state index in [0.29, 0.717) is 16.5 Å². The van der Waals surface area contributed by atoms with Gasteiger partial charge in [0.2, 0.25) is 0 Å². The fraction of sp³-hybridized carbons (Fsp3) is 0.0526. The maximum atomic E-state index is 13.1. The maximum Gasteiger partial charge on any atom is 0.300 e. The number of aryl methyl sites for hydroxylation is 1. The molecule has 0 saturated carbocycles. The summed E-state index contributed by atoms with van der Waals surface area (Å²) >= 11 is 1.43. The molecule has 4 aromatic rings. The Morgan fingerprint density at radius 2 is 1.83 bits per heavy atom. The van der Waals surface area contributed by atoms with Crippen molar-refractivity contribution in [1.29, 1.82) is 0 Å². The van der Waals surface area contributed by atoms with Gasteiger partial charge >= 0.3 is 0 Å². The third kappa shape index (κ3) is 2.59. The number of hydrogen-bond acceptors (Lipinski definition) is 4. The zero-order chi connectivity index (χ0) is 16.5. The number of para-hydroxylation sites is 2. The number of rotatable bonds is 3. The van der Waals surface area contributed by atoms with Crippen molar-refractivity contribution in [3.05, 3.63) is 77.5 Å². The highest BCUT2D eigenvalue weighted by Gasteiger charge is 2.25. The molecular weight excluding hydrogens is 320 g/mol. The third-order valence-electron chi connectivity index (χ3n) is 3.65. The molecule has 0 aliphatic rings. The molecule has 24 heavy (non-hydrogen) atoms. The van der Waals surface area contributed by atoms with E-state index < -0.39 is 0 Å². The molecule has 5 heteroatoms. The van der Waals surface area contributed by atoms with Crippen LogP contribution < -0.4 is 4.90 Å². The van der Waals surface area contributed by atoms with E-state index in [-0.39, 0.29) is 5.91 Å². The molecule has 0 spiro atoms. The first-order valence-electron chi connectivity index (χ1n) is 7.52. The van der Waals surface area contributed by atoms with Crippen molar-refractivity contribution in [2.24, 2.45) is 0 Å². The fourth-order valence-corrected chi connectivity index (χ4v) is 3.35. The summed E-state index contributed by atoms with van der Waals surface area (Å²) in [6.45, 7) is 1.91. The molecule has 2 aromatic heterocycles. The molecular formula is C19H14N2O2S. The molecule has 0 fully saturated rings. The summed E-state index contributed by atoms with van der Waals surface area (Å²) in [6, 6.07) is 18.8. The van der Waals surface area contributed by atoms with Gasteiger partial charge in [0.25, 0.3) is 5.91 Å². The van der Waals surface area contributed by atoms with Gasteiger partial charge in [-0.05, 0) is 31.2 Å². The molecule has 2 aromatic carbocycles. The zero-order valence-electron chi connectivity index (χ0n) is 13.0. The molecule has 118 valence electrons. The standard InChI is InChI=1S/C19H14N2O2S/c1-13-12-24-19(20-13)21(15-8-3-2-4-9-15)18(22)17-11-14-7-5-6-10-16(14)23-17/h2-12H,1H3. The monoisotopic (exact) mass is 334 g/mol. The fourth-order valence-electron chi connectivity index (χ4n) is 2.53. The highest BCUT2D eigenvalue weighted by molar-refractivity contribution is 7.14. The number of fused-ring (bicyclic) bond motifs is 1. The molecule has 0 saturated heterocycles. The minimum absolute atomic E-state index is 0.230. The first kappa shape index (κ1) is 14.7. The predicted octanol–water partition coefficient (Wildman–Crippen LogP) is 5.18. The lowest BCUT2D eigenvalue weighted by atomic mass is 10.2. The van der Waals surface area contributed by atoms with Crippen LogP contribution in [0.1, 0.15) is 16.2 Å². The van der Waals surface area contributed by atoms with Crippen molar-refractivity contribution < 1.29 is 9.21 Å². The summed E-state index contributed by atoms with van der Waals surface area (Å²) in [5, 5.41) is 3.46. The molecule has 0 bridgehead atoms. The van der Waals surface area contributed by atoms with Crippen LogP contribution >= 0.6 is 11.3 Å². The lowest BCUT2D eigenvalue weighted by Crippen LogP contribution is -2.25. The summed E-state index contributed by atoms with van der Waals surface area (Å²) in [5.74, 6) is 0.0691. The van der Waals surface area contributed by atoms with Crippen LogP contribution in [0.25, 0.3) is 11.0 Å². The average molecular weight is 334 g/mol. The van der Waals surface area contributed by atoms with Crippen LogP contribution in [0.15, 0.2) is 70.5 Å². The minimum Gasteiger partial charge on any atom is -0.451 e. The molecule has 4 nitrogen and oxygen atoms in total. The molecule has 0 radical (unpaired) electrons. The summed E-state index contributed by atoms with van der Waals surface area (Å²) in [7, 11) is 0. The topological polar surface area (TPSA) is 46.3 Å². The van der Waals surface area contributed by atoms with Crippen LogP contribution in [0.3, 0.4) is 0 Å². The number of hydrogen-bond donors (Lipinski definition) is 0. The van der Waals surface area contributed by atoms with E-state index in [4.69, 9.17) is 4.42 Å². The summed E-state index contributed by atoms with van der Waals surface area (Å²) in [4.78, 5) is 19.2. The first-order valence-corrected chi connectivity index (χ1v) is 8.40. The predicted molar refractivity (Wildman–Crippen MR) is 96.0 cm³/mol. The van der Waals surface area contributed by atoms with Gasteiger partial charge in [0, 0.05) is 10.8 Å². The van der Waals surface area contributed by atoms with Crippen molar-refractivity contribution in [3.8, 4) is 0 Å². The number of anilines is 2. The Morgan fingerprint density at radius 3 is 2.54 bits per heavy atom. The summed E-state index contributed by atoms with van der Waals surface area (Å²) < 4.78 is 5.75. The highest BCUT2D eigenvalue weighted by Crippen LogP contribution is 2.31. The highest BCUT2D eigenvalue weighted by atomic mass is 32.1. The van der Waals surface area contributed by atoms with Crippen molar-refractivity contribution in [2.75, 3.05) is 4.90 Å². The maximum absolute atomic E-state index is 13.1. The van der Waals surface area contributed by atoms with E-state index in [0.717, 1.165) is 16.8 Å². The van der Waals surface area contributed by atoms with E-state index in [1.165, 1.54) is 11.3 Å². The zero-order valence-corrected chi connectivity index (χ0v) is 13.8. The van der Waals surface area contributed by atoms with Gasteiger partial charge in [-0.1, -0.05) is 36.4 Å². The Labute approximate surface area is 143 Å². The lowest BCUT2D eigenvalue weighted by Gasteiger charge is -2.18. The van der Waals surface area contributed by atoms with Gasteiger partial charge in [-0.3, -0.25) is 4.79 Å². The average Bonchev–Trinajstić information content (AvgIpc) is 3.22. The van der Waals surface area contributed by atoms with Gasteiger partial charge in [-0.25, -0.2) is 9.88 Å². The van der Waals surface area contributed by atoms with Crippen LogP contribution in [0.2, 0.25) is 0 Å². The number of thiazole rings is 1. The number of benzene rings is 2. The van der Waals surface area contributed by atoms with Gasteiger partial charge in [-0.2, -0.15) is 0 Å². The quantitative estimate of drug-likeness (QED) is 0.519. The lowest BCUT2D eigenvalue weighted by molar-refractivity contribution is 0.0975. The molecule has 4 rings (SSSR count). The first-order chi connectivity index (χ1) is 11.7. The number of carbonyl (C=O) groups excluding carboxylic acids is 1. The Hall–Kier alpha value is -2.92. The van der Waals surface area contributed by atoms with Gasteiger partial charge in [0.1, 0.15) is 5.58 Å². The van der Waals surface area contributed by atoms with Crippen LogP contribution in [0.4, 0.5) is 10.8 Å². The van der Waals surface area contributed by atoms with Crippen LogP contribution in [-0.2, 0) is 0 Å². The number of furan rings is 1. The van der Waals surface area contributed by atoms with Gasteiger partial charge in [0.15, 0.2) is 10.9 Å². The van der Waals surface area contributed by atoms with E-state index in [1.807, 2.05) is 66.9 Å². The number of nitrogens with zero attached hydrogens (tertiary/aromatic N) is 2. The van der Waals surface area contributed by atoms with Gasteiger partial charge in [0.05, 0.1) is 11.4 Å². The number of amides is 1. The second-order valence-electron chi connectivity index (χ2n) is 5.40. The Bertz CT molecular complexity index is 971. The van der Waals surface area contributed by atoms with Crippen LogP contribution in [-0.4, -0.2) is 10.9 Å². The Kier molecular flexibility index (Phi) is 3.63. The molecule has 0 atom stereocenters. The van der Waals surface area contributed by atoms with Crippen molar-refractivity contribution in [2.45, 2.75) is 6.92 Å². The molecule has 2 heterocycles. The second kappa shape index (κ2) is 5.94. The largest absolute Gasteiger partial charge is 0.451 e. The minimum atomic E-state index is -0.230. The summed E-state index contributed by atoms with van der Waals surface area (Å²) in [6.07, 6.45) is 0. The molecule has 0 aliphatic heterocycles. The van der Waals surface area contributed by atoms with Gasteiger partial charge < -0.3 is 4.42 Å². The van der Waals surface area contributed by atoms with Crippen LogP contribution in [0.5, 0.6) is 0 Å². The number of carbonyl (C=O) groups is 1. The van der Waals surface area contributed by atoms with Crippen molar-refractivity contribution >= 4 is 39.0 Å². The van der Waals surface area contributed by atoms with E-state index in [1.54, 1.807) is 11.0 Å². The Balaban J connectivity index is 1.82. The van der Waals surface area contributed by atoms with E-state index in [2.05, 4.69) is 4.98 Å².